The summed E-state index contributed by atoms with van der Waals surface area (Å²) >= 11 is 12.5. The van der Waals surface area contributed by atoms with Crippen LogP contribution in [-0.2, 0) is 7.05 Å². The molecule has 7 heteroatoms. The summed E-state index contributed by atoms with van der Waals surface area (Å²) in [5, 5.41) is 12.3. The molecular weight excluding hydrogens is 297 g/mol. The van der Waals surface area contributed by atoms with E-state index >= 15 is 0 Å². The van der Waals surface area contributed by atoms with E-state index in [2.05, 4.69) is 15.3 Å². The predicted octanol–water partition coefficient (Wildman–Crippen LogP) is 3.37. The Labute approximate surface area is 125 Å². The third-order valence-corrected chi connectivity index (χ3v) is 3.61. The van der Waals surface area contributed by atoms with Crippen LogP contribution in [0.4, 0.5) is 5.82 Å². The van der Waals surface area contributed by atoms with Gasteiger partial charge in [-0.3, -0.25) is 9.78 Å². The van der Waals surface area contributed by atoms with Crippen molar-refractivity contribution < 1.29 is 0 Å². The monoisotopic (exact) mass is 307 g/mol. The van der Waals surface area contributed by atoms with Gasteiger partial charge in [-0.05, 0) is 18.2 Å². The third-order valence-electron chi connectivity index (χ3n) is 2.98. The molecule has 0 saturated heterocycles. The molecule has 0 aliphatic heterocycles. The highest BCUT2D eigenvalue weighted by Crippen LogP contribution is 2.41. The molecule has 3 rings (SSSR count). The van der Waals surface area contributed by atoms with Gasteiger partial charge in [0, 0.05) is 18.8 Å². The number of aryl methyl sites for hydroxylation is 1. The number of halogens is 2. The summed E-state index contributed by atoms with van der Waals surface area (Å²) in [6.07, 6.45) is 1.84. The lowest BCUT2D eigenvalue weighted by Crippen LogP contribution is -1.92. The van der Waals surface area contributed by atoms with Crippen LogP contribution in [0, 0.1) is 0 Å². The van der Waals surface area contributed by atoms with Crippen molar-refractivity contribution in [3.05, 3.63) is 40.5 Å². The molecule has 1 aromatic carbocycles. The second-order valence-electron chi connectivity index (χ2n) is 4.33. The first-order chi connectivity index (χ1) is 9.58. The van der Waals surface area contributed by atoms with Gasteiger partial charge in [0.25, 0.3) is 0 Å². The van der Waals surface area contributed by atoms with E-state index in [1.165, 1.54) is 0 Å². The number of aromatic amines is 1. The Morgan fingerprint density at radius 1 is 1.15 bits per heavy atom. The number of nitrogens with two attached hydrogens (primary N) is 1. The molecule has 2 aromatic heterocycles. The number of nitrogen functional groups attached to an aromatic ring is 1. The maximum absolute atomic E-state index is 6.25. The Hall–Kier alpha value is -1.98. The summed E-state index contributed by atoms with van der Waals surface area (Å²) in [4.78, 5) is 0. The van der Waals surface area contributed by atoms with Crippen LogP contribution in [0.1, 0.15) is 0 Å². The van der Waals surface area contributed by atoms with Gasteiger partial charge in [-0.2, -0.15) is 10.2 Å². The maximum atomic E-state index is 6.25. The molecule has 0 aliphatic rings. The summed E-state index contributed by atoms with van der Waals surface area (Å²) in [6.45, 7) is 0. The predicted molar refractivity (Wildman–Crippen MR) is 80.7 cm³/mol. The molecule has 0 saturated carbocycles. The Balaban J connectivity index is 2.27. The Kier molecular flexibility index (Phi) is 3.16. The molecule has 0 unspecified atom stereocenters. The van der Waals surface area contributed by atoms with Crippen molar-refractivity contribution in [2.45, 2.75) is 0 Å². The van der Waals surface area contributed by atoms with Crippen LogP contribution in [0.15, 0.2) is 30.5 Å². The zero-order chi connectivity index (χ0) is 14.3. The molecule has 0 spiro atoms. The number of benzene rings is 1. The average molecular weight is 308 g/mol. The molecule has 3 aromatic rings. The zero-order valence-electron chi connectivity index (χ0n) is 10.6. The largest absolute Gasteiger partial charge is 0.382 e. The van der Waals surface area contributed by atoms with E-state index in [1.807, 2.05) is 19.3 Å². The topological polar surface area (TPSA) is 72.5 Å². The van der Waals surface area contributed by atoms with Crippen LogP contribution in [0.3, 0.4) is 0 Å². The lowest BCUT2D eigenvalue weighted by molar-refractivity contribution is 0.770. The van der Waals surface area contributed by atoms with Gasteiger partial charge in [-0.15, -0.1) is 0 Å². The third kappa shape index (κ3) is 2.05. The van der Waals surface area contributed by atoms with E-state index in [-0.39, 0.29) is 0 Å². The van der Waals surface area contributed by atoms with Crippen molar-refractivity contribution in [2.24, 2.45) is 7.05 Å². The van der Waals surface area contributed by atoms with Gasteiger partial charge in [0.2, 0.25) is 0 Å². The van der Waals surface area contributed by atoms with Crippen molar-refractivity contribution in [3.8, 4) is 22.5 Å². The lowest BCUT2D eigenvalue weighted by Gasteiger charge is -2.07. The van der Waals surface area contributed by atoms with E-state index in [0.29, 0.717) is 32.7 Å². The van der Waals surface area contributed by atoms with E-state index in [0.717, 1.165) is 5.69 Å². The summed E-state index contributed by atoms with van der Waals surface area (Å²) in [5.41, 5.74) is 8.70. The summed E-state index contributed by atoms with van der Waals surface area (Å²) < 4.78 is 1.70. The van der Waals surface area contributed by atoms with Gasteiger partial charge in [-0.25, -0.2) is 0 Å². The molecule has 20 heavy (non-hydrogen) atoms. The van der Waals surface area contributed by atoms with Gasteiger partial charge in [0.05, 0.1) is 21.3 Å². The second-order valence-corrected chi connectivity index (χ2v) is 5.14. The fourth-order valence-corrected chi connectivity index (χ4v) is 2.67. The standard InChI is InChI=1S/C13H11Cl2N5/c1-20-6-5-9(19-20)12-11(13(16)18-17-12)10-7(14)3-2-4-8(10)15/h2-6H,1H3,(H3,16,17,18). The molecule has 0 amide bonds. The highest BCUT2D eigenvalue weighted by atomic mass is 35.5. The molecule has 5 nitrogen and oxygen atoms in total. The van der Waals surface area contributed by atoms with Crippen molar-refractivity contribution in [3.63, 3.8) is 0 Å². The quantitative estimate of drug-likeness (QED) is 0.762. The van der Waals surface area contributed by atoms with Gasteiger partial charge in [0.1, 0.15) is 5.69 Å². The molecule has 0 bridgehead atoms. The first-order valence-electron chi connectivity index (χ1n) is 5.86. The highest BCUT2D eigenvalue weighted by Gasteiger charge is 2.20. The molecule has 3 N–H and O–H groups in total. The number of hydrogen-bond donors (Lipinski definition) is 2. The zero-order valence-corrected chi connectivity index (χ0v) is 12.1. The van der Waals surface area contributed by atoms with Crippen LogP contribution in [-0.4, -0.2) is 20.0 Å². The fraction of sp³-hybridized carbons (Fsp3) is 0.0769. The molecule has 102 valence electrons. The second kappa shape index (κ2) is 4.85. The number of nitrogens with zero attached hydrogens (tertiary/aromatic N) is 3. The highest BCUT2D eigenvalue weighted by molar-refractivity contribution is 6.39. The number of rotatable bonds is 2. The molecule has 0 aliphatic carbocycles. The van der Waals surface area contributed by atoms with Crippen molar-refractivity contribution in [1.82, 2.24) is 20.0 Å². The van der Waals surface area contributed by atoms with Gasteiger partial charge < -0.3 is 5.73 Å². The van der Waals surface area contributed by atoms with E-state index in [1.54, 1.807) is 22.9 Å². The van der Waals surface area contributed by atoms with E-state index in [9.17, 15) is 0 Å². The average Bonchev–Trinajstić information content (AvgIpc) is 2.97. The van der Waals surface area contributed by atoms with E-state index in [4.69, 9.17) is 28.9 Å². The lowest BCUT2D eigenvalue weighted by atomic mass is 10.0. The minimum absolute atomic E-state index is 0.334. The minimum atomic E-state index is 0.334. The Morgan fingerprint density at radius 3 is 2.45 bits per heavy atom. The van der Waals surface area contributed by atoms with Crippen LogP contribution < -0.4 is 5.73 Å². The smallest absolute Gasteiger partial charge is 0.153 e. The molecule has 2 heterocycles. The normalized spacial score (nSPS) is 10.9. The Morgan fingerprint density at radius 2 is 1.85 bits per heavy atom. The summed E-state index contributed by atoms with van der Waals surface area (Å²) in [5.74, 6) is 0.334. The molecule has 0 fully saturated rings. The van der Waals surface area contributed by atoms with Crippen LogP contribution >= 0.6 is 23.2 Å². The van der Waals surface area contributed by atoms with Crippen molar-refractivity contribution >= 4 is 29.0 Å². The van der Waals surface area contributed by atoms with Gasteiger partial charge >= 0.3 is 0 Å². The number of H-pyrrole nitrogens is 1. The number of aromatic nitrogens is 4. The van der Waals surface area contributed by atoms with Gasteiger partial charge in [-0.1, -0.05) is 29.3 Å². The molecule has 0 radical (unpaired) electrons. The summed E-state index contributed by atoms with van der Waals surface area (Å²) in [7, 11) is 1.84. The van der Waals surface area contributed by atoms with Crippen LogP contribution in [0.2, 0.25) is 10.0 Å². The minimum Gasteiger partial charge on any atom is -0.382 e. The van der Waals surface area contributed by atoms with Gasteiger partial charge in [0.15, 0.2) is 5.82 Å². The Bertz CT molecular complexity index is 755. The fourth-order valence-electron chi connectivity index (χ4n) is 2.08. The first kappa shape index (κ1) is 13.0. The van der Waals surface area contributed by atoms with Crippen LogP contribution in [0.25, 0.3) is 22.5 Å². The maximum Gasteiger partial charge on any atom is 0.153 e. The number of nitrogens with one attached hydrogen (secondary N) is 1. The number of anilines is 1. The van der Waals surface area contributed by atoms with E-state index < -0.39 is 0 Å². The molecule has 0 atom stereocenters. The van der Waals surface area contributed by atoms with Crippen LogP contribution in [0.5, 0.6) is 0 Å². The number of hydrogen-bond acceptors (Lipinski definition) is 3. The SMILES string of the molecule is Cn1ccc(-c2[nH]nc(N)c2-c2c(Cl)cccc2Cl)n1. The van der Waals surface area contributed by atoms with Crippen molar-refractivity contribution in [2.75, 3.05) is 5.73 Å². The summed E-state index contributed by atoms with van der Waals surface area (Å²) in [6, 6.07) is 7.17. The van der Waals surface area contributed by atoms with Crippen molar-refractivity contribution in [1.29, 1.82) is 0 Å². The first-order valence-corrected chi connectivity index (χ1v) is 6.61. The molecular formula is C13H11Cl2N5.